The number of rotatable bonds is 5. The van der Waals surface area contributed by atoms with E-state index >= 15 is 0 Å². The second kappa shape index (κ2) is 6.02. The van der Waals surface area contributed by atoms with Crippen molar-refractivity contribution in [1.82, 2.24) is 5.32 Å². The molecule has 0 aliphatic carbocycles. The van der Waals surface area contributed by atoms with Gasteiger partial charge < -0.3 is 5.32 Å². The van der Waals surface area contributed by atoms with Gasteiger partial charge >= 0.3 is 0 Å². The molecule has 1 saturated heterocycles. The highest BCUT2D eigenvalue weighted by molar-refractivity contribution is 8.00. The monoisotopic (exact) mass is 293 g/mol. The summed E-state index contributed by atoms with van der Waals surface area (Å²) in [6, 6.07) is 9.25. The van der Waals surface area contributed by atoms with Gasteiger partial charge in [0, 0.05) is 17.8 Å². The van der Waals surface area contributed by atoms with Gasteiger partial charge in [-0.1, -0.05) is 49.1 Å². The van der Waals surface area contributed by atoms with Gasteiger partial charge in [-0.05, 0) is 31.1 Å². The molecule has 106 valence electrons. The first-order valence-electron chi connectivity index (χ1n) is 7.33. The molecule has 0 spiro atoms. The Morgan fingerprint density at radius 2 is 1.89 bits per heavy atom. The Kier molecular flexibility index (Phi) is 4.80. The molecule has 1 nitrogen and oxygen atoms in total. The summed E-state index contributed by atoms with van der Waals surface area (Å²) < 4.78 is 0.470. The SMILES string of the molecule is CC1(CNCc2ccc([Si](C)(C)C)cc2)CCCS1. The Balaban J connectivity index is 1.83. The predicted molar refractivity (Wildman–Crippen MR) is 91.2 cm³/mol. The van der Waals surface area contributed by atoms with E-state index in [1.807, 2.05) is 0 Å². The first kappa shape index (κ1) is 15.1. The number of nitrogens with one attached hydrogen (secondary N) is 1. The quantitative estimate of drug-likeness (QED) is 0.832. The van der Waals surface area contributed by atoms with E-state index in [0.29, 0.717) is 4.75 Å². The highest BCUT2D eigenvalue weighted by Crippen LogP contribution is 2.36. The molecule has 0 radical (unpaired) electrons. The van der Waals surface area contributed by atoms with Crippen LogP contribution in [0, 0.1) is 0 Å². The van der Waals surface area contributed by atoms with Gasteiger partial charge in [0.25, 0.3) is 0 Å². The zero-order valence-electron chi connectivity index (χ0n) is 12.8. The Labute approximate surface area is 123 Å². The van der Waals surface area contributed by atoms with Crippen LogP contribution in [0.25, 0.3) is 0 Å². The first-order valence-corrected chi connectivity index (χ1v) is 11.8. The highest BCUT2D eigenvalue weighted by Gasteiger charge is 2.28. The van der Waals surface area contributed by atoms with E-state index in [1.165, 1.54) is 24.2 Å². The third-order valence-corrected chi connectivity index (χ3v) is 7.55. The third-order valence-electron chi connectivity index (χ3n) is 3.95. The van der Waals surface area contributed by atoms with Gasteiger partial charge in [-0.2, -0.15) is 11.8 Å². The molecule has 0 saturated carbocycles. The molecule has 1 aromatic rings. The van der Waals surface area contributed by atoms with Crippen LogP contribution in [0.15, 0.2) is 24.3 Å². The highest BCUT2D eigenvalue weighted by atomic mass is 32.2. The number of hydrogen-bond donors (Lipinski definition) is 1. The average molecular weight is 294 g/mol. The van der Waals surface area contributed by atoms with Crippen molar-refractivity contribution >= 4 is 25.0 Å². The molecule has 1 heterocycles. The zero-order valence-corrected chi connectivity index (χ0v) is 14.6. The summed E-state index contributed by atoms with van der Waals surface area (Å²) in [5.74, 6) is 1.34. The van der Waals surface area contributed by atoms with E-state index in [1.54, 1.807) is 5.19 Å². The van der Waals surface area contributed by atoms with Crippen LogP contribution in [0.3, 0.4) is 0 Å². The predicted octanol–water partition coefficient (Wildman–Crippen LogP) is 3.61. The molecule has 1 fully saturated rings. The normalized spacial score (nSPS) is 23.8. The van der Waals surface area contributed by atoms with Crippen LogP contribution in [-0.2, 0) is 6.54 Å². The molecule has 1 aromatic carbocycles. The van der Waals surface area contributed by atoms with Crippen molar-refractivity contribution in [3.05, 3.63) is 29.8 Å². The third kappa shape index (κ3) is 4.37. The maximum absolute atomic E-state index is 3.63. The van der Waals surface area contributed by atoms with Gasteiger partial charge in [0.1, 0.15) is 0 Å². The molecule has 1 aliphatic heterocycles. The van der Waals surface area contributed by atoms with Crippen molar-refractivity contribution in [3.63, 3.8) is 0 Å². The summed E-state index contributed by atoms with van der Waals surface area (Å²) in [5, 5.41) is 5.18. The molecule has 19 heavy (non-hydrogen) atoms. The summed E-state index contributed by atoms with van der Waals surface area (Å²) in [7, 11) is -1.14. The van der Waals surface area contributed by atoms with Crippen LogP contribution in [0.4, 0.5) is 0 Å². The van der Waals surface area contributed by atoms with E-state index in [2.05, 4.69) is 67.9 Å². The maximum Gasteiger partial charge on any atom is 0.0775 e. The van der Waals surface area contributed by atoms with Crippen LogP contribution >= 0.6 is 11.8 Å². The molecule has 1 N–H and O–H groups in total. The Morgan fingerprint density at radius 3 is 2.42 bits per heavy atom. The molecule has 0 amide bonds. The van der Waals surface area contributed by atoms with Gasteiger partial charge in [-0.25, -0.2) is 0 Å². The Bertz CT molecular complexity index is 402. The van der Waals surface area contributed by atoms with Crippen molar-refractivity contribution in [3.8, 4) is 0 Å². The molecule has 3 heteroatoms. The van der Waals surface area contributed by atoms with Crippen LogP contribution in [-0.4, -0.2) is 25.1 Å². The van der Waals surface area contributed by atoms with Gasteiger partial charge in [-0.3, -0.25) is 0 Å². The Morgan fingerprint density at radius 1 is 1.21 bits per heavy atom. The van der Waals surface area contributed by atoms with E-state index in [9.17, 15) is 0 Å². The maximum atomic E-state index is 3.63. The lowest BCUT2D eigenvalue weighted by molar-refractivity contribution is 0.537. The lowest BCUT2D eigenvalue weighted by Crippen LogP contribution is -2.37. The molecule has 0 aromatic heterocycles. The summed E-state index contributed by atoms with van der Waals surface area (Å²) >= 11 is 2.13. The Hall–Kier alpha value is -0.253. The standard InChI is InChI=1S/C16H27NSSi/c1-16(10-5-11-18-16)13-17-12-14-6-8-15(9-7-14)19(2,3)4/h6-9,17H,5,10-13H2,1-4H3. The van der Waals surface area contributed by atoms with Gasteiger partial charge in [-0.15, -0.1) is 0 Å². The van der Waals surface area contributed by atoms with E-state index in [0.717, 1.165) is 13.1 Å². The van der Waals surface area contributed by atoms with Gasteiger partial charge in [0.2, 0.25) is 0 Å². The topological polar surface area (TPSA) is 12.0 Å². The minimum atomic E-state index is -1.14. The first-order chi connectivity index (χ1) is 8.89. The molecular formula is C16H27NSSi. The number of benzene rings is 1. The lowest BCUT2D eigenvalue weighted by Gasteiger charge is -2.23. The number of hydrogen-bond acceptors (Lipinski definition) is 2. The second-order valence-electron chi connectivity index (χ2n) is 6.95. The van der Waals surface area contributed by atoms with Crippen LogP contribution in [0.1, 0.15) is 25.3 Å². The molecule has 1 unspecified atom stereocenters. The fourth-order valence-electron chi connectivity index (χ4n) is 2.57. The van der Waals surface area contributed by atoms with Crippen LogP contribution in [0.2, 0.25) is 19.6 Å². The van der Waals surface area contributed by atoms with E-state index < -0.39 is 8.07 Å². The number of thioether (sulfide) groups is 1. The zero-order chi connectivity index (χ0) is 13.9. The van der Waals surface area contributed by atoms with E-state index in [4.69, 9.17) is 0 Å². The summed E-state index contributed by atoms with van der Waals surface area (Å²) in [6.07, 6.45) is 2.74. The summed E-state index contributed by atoms with van der Waals surface area (Å²) in [5.41, 5.74) is 1.41. The molecule has 0 bridgehead atoms. The van der Waals surface area contributed by atoms with Crippen molar-refractivity contribution in [2.45, 2.75) is 50.7 Å². The molecule has 1 atom stereocenters. The van der Waals surface area contributed by atoms with E-state index in [-0.39, 0.29) is 0 Å². The second-order valence-corrected chi connectivity index (χ2v) is 13.7. The lowest BCUT2D eigenvalue weighted by atomic mass is 10.1. The molecular weight excluding hydrogens is 266 g/mol. The smallest absolute Gasteiger partial charge is 0.0775 e. The van der Waals surface area contributed by atoms with Crippen molar-refractivity contribution in [2.24, 2.45) is 0 Å². The fraction of sp³-hybridized carbons (Fsp3) is 0.625. The van der Waals surface area contributed by atoms with Crippen molar-refractivity contribution in [2.75, 3.05) is 12.3 Å². The van der Waals surface area contributed by atoms with Crippen LogP contribution < -0.4 is 10.5 Å². The minimum Gasteiger partial charge on any atom is -0.311 e. The van der Waals surface area contributed by atoms with Crippen LogP contribution in [0.5, 0.6) is 0 Å². The average Bonchev–Trinajstić information content (AvgIpc) is 2.76. The largest absolute Gasteiger partial charge is 0.311 e. The fourth-order valence-corrected chi connectivity index (χ4v) is 5.01. The molecule has 2 rings (SSSR count). The van der Waals surface area contributed by atoms with Crippen molar-refractivity contribution < 1.29 is 0 Å². The molecule has 1 aliphatic rings. The summed E-state index contributed by atoms with van der Waals surface area (Å²) in [6.45, 7) is 11.7. The summed E-state index contributed by atoms with van der Waals surface area (Å²) in [4.78, 5) is 0. The van der Waals surface area contributed by atoms with Crippen molar-refractivity contribution in [1.29, 1.82) is 0 Å². The van der Waals surface area contributed by atoms with Gasteiger partial charge in [0.15, 0.2) is 0 Å². The van der Waals surface area contributed by atoms with Gasteiger partial charge in [0.05, 0.1) is 8.07 Å². The minimum absolute atomic E-state index is 0.470.